The predicted molar refractivity (Wildman–Crippen MR) is 98.2 cm³/mol. The largest absolute Gasteiger partial charge is 0.493 e. The smallest absolute Gasteiger partial charge is 0.233 e. The minimum absolute atomic E-state index is 0.149. The van der Waals surface area contributed by atoms with Crippen molar-refractivity contribution in [1.29, 1.82) is 0 Å². The summed E-state index contributed by atoms with van der Waals surface area (Å²) in [4.78, 5) is 12.7. The van der Waals surface area contributed by atoms with Crippen LogP contribution < -0.4 is 20.1 Å². The van der Waals surface area contributed by atoms with Gasteiger partial charge in [-0.05, 0) is 36.6 Å². The number of halogens is 1. The Hall–Kier alpha value is -2.28. The zero-order chi connectivity index (χ0) is 17.6. The van der Waals surface area contributed by atoms with E-state index < -0.39 is 0 Å². The van der Waals surface area contributed by atoms with Gasteiger partial charge in [0.1, 0.15) is 0 Å². The fourth-order valence-electron chi connectivity index (χ4n) is 2.94. The summed E-state index contributed by atoms with van der Waals surface area (Å²) in [6.07, 6.45) is 6.01. The Morgan fingerprint density at radius 2 is 1.68 bits per heavy atom. The van der Waals surface area contributed by atoms with Crippen molar-refractivity contribution < 1.29 is 9.47 Å². The van der Waals surface area contributed by atoms with Gasteiger partial charge < -0.3 is 20.1 Å². The summed E-state index contributed by atoms with van der Waals surface area (Å²) in [6, 6.07) is 5.87. The summed E-state index contributed by atoms with van der Waals surface area (Å²) in [6.45, 7) is 0. The number of hydrogen-bond donors (Lipinski definition) is 2. The Labute approximate surface area is 152 Å². The summed E-state index contributed by atoms with van der Waals surface area (Å²) < 4.78 is 10.5. The first-order chi connectivity index (χ1) is 12.2. The van der Waals surface area contributed by atoms with Crippen LogP contribution in [0.4, 0.5) is 17.6 Å². The van der Waals surface area contributed by atoms with Crippen LogP contribution in [-0.2, 0) is 0 Å². The molecular weight excluding hydrogens is 342 g/mol. The molecule has 0 unspecified atom stereocenters. The van der Waals surface area contributed by atoms with Gasteiger partial charge in [0.05, 0.1) is 14.2 Å². The van der Waals surface area contributed by atoms with Crippen molar-refractivity contribution in [2.75, 3.05) is 24.9 Å². The van der Waals surface area contributed by atoms with Crippen molar-refractivity contribution in [2.45, 2.75) is 38.1 Å². The second-order valence-corrected chi connectivity index (χ2v) is 6.26. The molecule has 1 aliphatic carbocycles. The Morgan fingerprint density at radius 3 is 2.40 bits per heavy atom. The average Bonchev–Trinajstić information content (AvgIpc) is 2.62. The van der Waals surface area contributed by atoms with Crippen LogP contribution in [0.15, 0.2) is 18.2 Å². The molecule has 3 rings (SSSR count). The van der Waals surface area contributed by atoms with Gasteiger partial charge in [-0.3, -0.25) is 0 Å². The Bertz CT molecular complexity index is 722. The highest BCUT2D eigenvalue weighted by Gasteiger charge is 2.15. The molecule has 0 spiro atoms. The van der Waals surface area contributed by atoms with E-state index in [1.54, 1.807) is 14.2 Å². The van der Waals surface area contributed by atoms with Crippen molar-refractivity contribution in [3.8, 4) is 11.5 Å². The topological polar surface area (TPSA) is 81.2 Å². The zero-order valence-electron chi connectivity index (χ0n) is 14.4. The number of rotatable bonds is 6. The minimum atomic E-state index is 0.149. The van der Waals surface area contributed by atoms with Gasteiger partial charge in [0, 0.05) is 17.8 Å². The molecule has 1 aromatic carbocycles. The third-order valence-corrected chi connectivity index (χ3v) is 4.36. The standard InChI is InChI=1S/C17H22ClN5O2/c1-24-13-9-8-12(10-14(13)25-2)20-17-22-15(18)21-16(23-17)19-11-6-4-3-5-7-11/h8-11H,3-7H2,1-2H3,(H2,19,20,21,22,23). The van der Waals surface area contributed by atoms with E-state index >= 15 is 0 Å². The van der Waals surface area contributed by atoms with Crippen LogP contribution in [-0.4, -0.2) is 35.2 Å². The lowest BCUT2D eigenvalue weighted by Crippen LogP contribution is -2.23. The molecule has 1 saturated carbocycles. The van der Waals surface area contributed by atoms with Gasteiger partial charge in [0.25, 0.3) is 0 Å². The number of anilines is 3. The van der Waals surface area contributed by atoms with Crippen LogP contribution >= 0.6 is 11.6 Å². The molecule has 7 nitrogen and oxygen atoms in total. The van der Waals surface area contributed by atoms with Crippen LogP contribution in [0.2, 0.25) is 5.28 Å². The lowest BCUT2D eigenvalue weighted by atomic mass is 9.96. The van der Waals surface area contributed by atoms with E-state index in [2.05, 4.69) is 25.6 Å². The molecule has 0 aliphatic heterocycles. The van der Waals surface area contributed by atoms with Gasteiger partial charge in [-0.1, -0.05) is 19.3 Å². The van der Waals surface area contributed by atoms with Crippen LogP contribution in [0.25, 0.3) is 0 Å². The highest BCUT2D eigenvalue weighted by molar-refractivity contribution is 6.28. The SMILES string of the molecule is COc1ccc(Nc2nc(Cl)nc(NC3CCCCC3)n2)cc1OC. The molecular formula is C17H22ClN5O2. The van der Waals surface area contributed by atoms with E-state index in [-0.39, 0.29) is 5.28 Å². The van der Waals surface area contributed by atoms with Crippen molar-refractivity contribution >= 4 is 29.2 Å². The first-order valence-corrected chi connectivity index (χ1v) is 8.73. The van der Waals surface area contributed by atoms with E-state index in [4.69, 9.17) is 21.1 Å². The number of benzene rings is 1. The maximum Gasteiger partial charge on any atom is 0.233 e. The fraction of sp³-hybridized carbons (Fsp3) is 0.471. The van der Waals surface area contributed by atoms with Gasteiger partial charge >= 0.3 is 0 Å². The maximum absolute atomic E-state index is 6.05. The van der Waals surface area contributed by atoms with E-state index in [0.717, 1.165) is 18.5 Å². The summed E-state index contributed by atoms with van der Waals surface area (Å²) in [7, 11) is 3.19. The number of nitrogens with one attached hydrogen (secondary N) is 2. The monoisotopic (exact) mass is 363 g/mol. The van der Waals surface area contributed by atoms with Crippen LogP contribution in [0.5, 0.6) is 11.5 Å². The fourth-order valence-corrected chi connectivity index (χ4v) is 3.10. The summed E-state index contributed by atoms with van der Waals surface area (Å²) in [5, 5.41) is 6.63. The third kappa shape index (κ3) is 4.63. The molecule has 0 radical (unpaired) electrons. The first-order valence-electron chi connectivity index (χ1n) is 8.35. The average molecular weight is 364 g/mol. The highest BCUT2D eigenvalue weighted by atomic mass is 35.5. The molecule has 2 aromatic rings. The summed E-state index contributed by atoms with van der Waals surface area (Å²) in [5.41, 5.74) is 0.767. The quantitative estimate of drug-likeness (QED) is 0.801. The molecule has 0 bridgehead atoms. The number of hydrogen-bond acceptors (Lipinski definition) is 7. The van der Waals surface area contributed by atoms with Crippen LogP contribution in [0.1, 0.15) is 32.1 Å². The second-order valence-electron chi connectivity index (χ2n) is 5.93. The molecule has 0 saturated heterocycles. The van der Waals surface area contributed by atoms with E-state index in [1.165, 1.54) is 19.3 Å². The van der Waals surface area contributed by atoms with Crippen molar-refractivity contribution in [2.24, 2.45) is 0 Å². The van der Waals surface area contributed by atoms with Crippen molar-refractivity contribution in [3.63, 3.8) is 0 Å². The summed E-state index contributed by atoms with van der Waals surface area (Å²) in [5.74, 6) is 2.15. The maximum atomic E-state index is 6.05. The van der Waals surface area contributed by atoms with Crippen molar-refractivity contribution in [3.05, 3.63) is 23.5 Å². The molecule has 134 valence electrons. The first kappa shape index (κ1) is 17.5. The number of methoxy groups -OCH3 is 2. The molecule has 1 aromatic heterocycles. The van der Waals surface area contributed by atoms with Crippen molar-refractivity contribution in [1.82, 2.24) is 15.0 Å². The Morgan fingerprint density at radius 1 is 0.960 bits per heavy atom. The third-order valence-electron chi connectivity index (χ3n) is 4.19. The normalized spacial score (nSPS) is 14.8. The number of nitrogens with zero attached hydrogens (tertiary/aromatic N) is 3. The van der Waals surface area contributed by atoms with Gasteiger partial charge in [-0.25, -0.2) is 0 Å². The molecule has 25 heavy (non-hydrogen) atoms. The van der Waals surface area contributed by atoms with E-state index in [1.807, 2.05) is 18.2 Å². The molecule has 8 heteroatoms. The molecule has 1 fully saturated rings. The molecule has 0 atom stereocenters. The minimum Gasteiger partial charge on any atom is -0.493 e. The Balaban J connectivity index is 1.75. The van der Waals surface area contributed by atoms with E-state index in [9.17, 15) is 0 Å². The van der Waals surface area contributed by atoms with Gasteiger partial charge in [0.15, 0.2) is 11.5 Å². The predicted octanol–water partition coefficient (Wildman–Crippen LogP) is 4.03. The van der Waals surface area contributed by atoms with Gasteiger partial charge in [-0.15, -0.1) is 0 Å². The molecule has 1 aliphatic rings. The second kappa shape index (κ2) is 8.20. The summed E-state index contributed by atoms with van der Waals surface area (Å²) >= 11 is 6.05. The number of aromatic nitrogens is 3. The molecule has 0 amide bonds. The lowest BCUT2D eigenvalue weighted by molar-refractivity contribution is 0.355. The van der Waals surface area contributed by atoms with Crippen LogP contribution in [0.3, 0.4) is 0 Å². The zero-order valence-corrected chi connectivity index (χ0v) is 15.1. The van der Waals surface area contributed by atoms with Gasteiger partial charge in [-0.2, -0.15) is 15.0 Å². The Kier molecular flexibility index (Phi) is 5.75. The molecule has 1 heterocycles. The highest BCUT2D eigenvalue weighted by Crippen LogP contribution is 2.31. The van der Waals surface area contributed by atoms with E-state index in [0.29, 0.717) is 29.4 Å². The van der Waals surface area contributed by atoms with Crippen LogP contribution in [0, 0.1) is 0 Å². The molecule has 2 N–H and O–H groups in total. The van der Waals surface area contributed by atoms with Gasteiger partial charge in [0.2, 0.25) is 17.2 Å². The lowest BCUT2D eigenvalue weighted by Gasteiger charge is -2.22. The number of ether oxygens (including phenoxy) is 2.